The number of hydrogen-bond acceptors (Lipinski definition) is 6. The highest BCUT2D eigenvalue weighted by molar-refractivity contribution is 5.93. The molecule has 1 saturated heterocycles. The second-order valence-corrected chi connectivity index (χ2v) is 5.68. The van der Waals surface area contributed by atoms with Crippen LogP contribution in [0.2, 0.25) is 0 Å². The van der Waals surface area contributed by atoms with Gasteiger partial charge < -0.3 is 14.7 Å². The zero-order chi connectivity index (χ0) is 16.9. The highest BCUT2D eigenvalue weighted by atomic mass is 16.5. The van der Waals surface area contributed by atoms with Crippen LogP contribution in [-0.2, 0) is 4.79 Å². The fourth-order valence-electron chi connectivity index (χ4n) is 2.58. The van der Waals surface area contributed by atoms with Gasteiger partial charge >= 0.3 is 0 Å². The van der Waals surface area contributed by atoms with E-state index in [2.05, 4.69) is 15.5 Å². The Morgan fingerprint density at radius 2 is 2.08 bits per heavy atom. The molecule has 8 nitrogen and oxygen atoms in total. The lowest BCUT2D eigenvalue weighted by molar-refractivity contribution is -0.117. The molecule has 2 amide bonds. The first-order valence-electron chi connectivity index (χ1n) is 7.76. The molecule has 2 aromatic heterocycles. The number of carbonyl (C=O) groups is 2. The first-order chi connectivity index (χ1) is 11.6. The molecule has 1 aliphatic rings. The highest BCUT2D eigenvalue weighted by Gasteiger charge is 2.25. The maximum Gasteiger partial charge on any atom is 0.276 e. The predicted octanol–water partition coefficient (Wildman–Crippen LogP) is 0.775. The van der Waals surface area contributed by atoms with Crippen LogP contribution in [-0.4, -0.2) is 64.5 Å². The van der Waals surface area contributed by atoms with Crippen LogP contribution in [0.1, 0.15) is 16.2 Å². The molecular weight excluding hydrogens is 310 g/mol. The number of rotatable bonds is 4. The normalized spacial score (nSPS) is 15.3. The molecule has 126 valence electrons. The first kappa shape index (κ1) is 16.1. The molecule has 3 rings (SSSR count). The van der Waals surface area contributed by atoms with Crippen LogP contribution >= 0.6 is 0 Å². The minimum absolute atomic E-state index is 0.0881. The van der Waals surface area contributed by atoms with Crippen molar-refractivity contribution in [3.8, 4) is 0 Å². The number of nitrogens with one attached hydrogen (secondary N) is 1. The molecule has 8 heteroatoms. The third-order valence-corrected chi connectivity index (χ3v) is 3.82. The van der Waals surface area contributed by atoms with E-state index in [1.165, 1.54) is 0 Å². The van der Waals surface area contributed by atoms with Gasteiger partial charge in [0.1, 0.15) is 5.76 Å². The molecule has 0 aromatic carbocycles. The molecule has 2 aromatic rings. The van der Waals surface area contributed by atoms with Crippen LogP contribution in [0, 0.1) is 6.92 Å². The molecule has 0 saturated carbocycles. The molecule has 1 aliphatic heterocycles. The number of anilines is 1. The third kappa shape index (κ3) is 3.96. The Morgan fingerprint density at radius 3 is 2.71 bits per heavy atom. The van der Waals surface area contributed by atoms with Crippen molar-refractivity contribution in [1.29, 1.82) is 0 Å². The van der Waals surface area contributed by atoms with Crippen LogP contribution in [0.5, 0.6) is 0 Å². The monoisotopic (exact) mass is 329 g/mol. The van der Waals surface area contributed by atoms with Crippen molar-refractivity contribution in [3.63, 3.8) is 0 Å². The lowest BCUT2D eigenvalue weighted by Gasteiger charge is -2.33. The topological polar surface area (TPSA) is 91.6 Å². The van der Waals surface area contributed by atoms with Gasteiger partial charge in [-0.25, -0.2) is 0 Å². The maximum absolute atomic E-state index is 12.3. The zero-order valence-corrected chi connectivity index (χ0v) is 13.4. The Balaban J connectivity index is 1.46. The van der Waals surface area contributed by atoms with Crippen LogP contribution in [0.4, 0.5) is 5.69 Å². The van der Waals surface area contributed by atoms with E-state index in [9.17, 15) is 9.59 Å². The van der Waals surface area contributed by atoms with Crippen molar-refractivity contribution >= 4 is 17.5 Å². The summed E-state index contributed by atoms with van der Waals surface area (Å²) in [5, 5.41) is 6.56. The Bertz CT molecular complexity index is 708. The molecule has 1 N–H and O–H groups in total. The van der Waals surface area contributed by atoms with Gasteiger partial charge in [-0.2, -0.15) is 0 Å². The van der Waals surface area contributed by atoms with Crippen molar-refractivity contribution < 1.29 is 14.1 Å². The Labute approximate surface area is 139 Å². The number of pyridine rings is 1. The summed E-state index contributed by atoms with van der Waals surface area (Å²) in [6, 6.07) is 5.20. The number of nitrogens with zero attached hydrogens (tertiary/aromatic N) is 4. The molecule has 0 bridgehead atoms. The van der Waals surface area contributed by atoms with Gasteiger partial charge in [-0.05, 0) is 19.1 Å². The summed E-state index contributed by atoms with van der Waals surface area (Å²) in [6.07, 6.45) is 3.26. The van der Waals surface area contributed by atoms with E-state index < -0.39 is 0 Å². The van der Waals surface area contributed by atoms with Crippen molar-refractivity contribution in [2.75, 3.05) is 38.0 Å². The zero-order valence-electron chi connectivity index (χ0n) is 13.4. The Kier molecular flexibility index (Phi) is 4.85. The number of carbonyl (C=O) groups excluding carboxylic acids is 2. The van der Waals surface area contributed by atoms with Crippen LogP contribution < -0.4 is 5.32 Å². The van der Waals surface area contributed by atoms with E-state index in [1.807, 2.05) is 4.90 Å². The molecule has 0 unspecified atom stereocenters. The van der Waals surface area contributed by atoms with Crippen molar-refractivity contribution in [2.24, 2.45) is 0 Å². The average molecular weight is 329 g/mol. The van der Waals surface area contributed by atoms with E-state index in [4.69, 9.17) is 4.52 Å². The standard InChI is InChI=1S/C16H19N5O3/c1-12-9-14(19-24-12)16(23)21-7-5-20(6-8-21)11-15(22)18-13-3-2-4-17-10-13/h2-4,9-10H,5-8,11H2,1H3,(H,18,22). The van der Waals surface area contributed by atoms with E-state index in [0.717, 1.165) is 0 Å². The number of amides is 2. The summed E-state index contributed by atoms with van der Waals surface area (Å²) in [5.41, 5.74) is 1.01. The van der Waals surface area contributed by atoms with Gasteiger partial charge in [0.05, 0.1) is 18.4 Å². The molecule has 0 aliphatic carbocycles. The molecule has 24 heavy (non-hydrogen) atoms. The molecule has 0 spiro atoms. The SMILES string of the molecule is Cc1cc(C(=O)N2CCN(CC(=O)Nc3cccnc3)CC2)no1. The van der Waals surface area contributed by atoms with Gasteiger partial charge in [-0.3, -0.25) is 19.5 Å². The minimum Gasteiger partial charge on any atom is -0.361 e. The van der Waals surface area contributed by atoms with E-state index in [1.54, 1.807) is 42.4 Å². The summed E-state index contributed by atoms with van der Waals surface area (Å²) >= 11 is 0. The van der Waals surface area contributed by atoms with Crippen molar-refractivity contribution in [3.05, 3.63) is 42.0 Å². The summed E-state index contributed by atoms with van der Waals surface area (Å²) in [6.45, 7) is 4.45. The summed E-state index contributed by atoms with van der Waals surface area (Å²) in [7, 11) is 0. The van der Waals surface area contributed by atoms with E-state index in [-0.39, 0.29) is 11.8 Å². The first-order valence-corrected chi connectivity index (χ1v) is 7.76. The molecular formula is C16H19N5O3. The van der Waals surface area contributed by atoms with Gasteiger partial charge in [0.15, 0.2) is 5.69 Å². The Hall–Kier alpha value is -2.74. The van der Waals surface area contributed by atoms with Crippen molar-refractivity contribution in [1.82, 2.24) is 19.9 Å². The average Bonchev–Trinajstić information content (AvgIpc) is 3.02. The lowest BCUT2D eigenvalue weighted by atomic mass is 10.2. The van der Waals surface area contributed by atoms with Gasteiger partial charge in [0.25, 0.3) is 5.91 Å². The Morgan fingerprint density at radius 1 is 1.29 bits per heavy atom. The highest BCUT2D eigenvalue weighted by Crippen LogP contribution is 2.10. The fourth-order valence-corrected chi connectivity index (χ4v) is 2.58. The summed E-state index contributed by atoms with van der Waals surface area (Å²) in [5.74, 6) is 0.394. The number of hydrogen-bond donors (Lipinski definition) is 1. The minimum atomic E-state index is -0.133. The third-order valence-electron chi connectivity index (χ3n) is 3.82. The lowest BCUT2D eigenvalue weighted by Crippen LogP contribution is -2.50. The molecule has 3 heterocycles. The molecule has 0 atom stereocenters. The largest absolute Gasteiger partial charge is 0.361 e. The van der Waals surface area contributed by atoms with Gasteiger partial charge in [0.2, 0.25) is 5.91 Å². The van der Waals surface area contributed by atoms with Crippen LogP contribution in [0.25, 0.3) is 0 Å². The van der Waals surface area contributed by atoms with E-state index in [0.29, 0.717) is 49.9 Å². The van der Waals surface area contributed by atoms with Gasteiger partial charge in [0, 0.05) is 38.4 Å². The van der Waals surface area contributed by atoms with Crippen molar-refractivity contribution in [2.45, 2.75) is 6.92 Å². The van der Waals surface area contributed by atoms with Crippen LogP contribution in [0.3, 0.4) is 0 Å². The fraction of sp³-hybridized carbons (Fsp3) is 0.375. The second kappa shape index (κ2) is 7.22. The summed E-state index contributed by atoms with van der Waals surface area (Å²) in [4.78, 5) is 32.0. The number of aromatic nitrogens is 2. The molecule has 0 radical (unpaired) electrons. The van der Waals surface area contributed by atoms with Gasteiger partial charge in [-0.15, -0.1) is 0 Å². The number of piperazine rings is 1. The molecule has 1 fully saturated rings. The van der Waals surface area contributed by atoms with Crippen LogP contribution in [0.15, 0.2) is 35.1 Å². The number of aryl methyl sites for hydroxylation is 1. The summed E-state index contributed by atoms with van der Waals surface area (Å²) < 4.78 is 4.94. The van der Waals surface area contributed by atoms with Gasteiger partial charge in [-0.1, -0.05) is 5.16 Å². The van der Waals surface area contributed by atoms with E-state index >= 15 is 0 Å². The smallest absolute Gasteiger partial charge is 0.276 e. The second-order valence-electron chi connectivity index (χ2n) is 5.68. The quantitative estimate of drug-likeness (QED) is 0.891. The maximum atomic E-state index is 12.3. The predicted molar refractivity (Wildman–Crippen MR) is 86.5 cm³/mol.